The van der Waals surface area contributed by atoms with Crippen molar-refractivity contribution in [2.24, 2.45) is 0 Å². The van der Waals surface area contributed by atoms with Gasteiger partial charge in [0, 0.05) is 6.08 Å². The summed E-state index contributed by atoms with van der Waals surface area (Å²) in [4.78, 5) is 23.4. The number of rotatable bonds is 6. The fourth-order valence-electron chi connectivity index (χ4n) is 0.490. The van der Waals surface area contributed by atoms with Crippen molar-refractivity contribution in [3.63, 3.8) is 0 Å². The molecular formula is C7H13O8P. The van der Waals surface area contributed by atoms with Gasteiger partial charge in [-0.2, -0.15) is 0 Å². The third-order valence-electron chi connectivity index (χ3n) is 1.17. The van der Waals surface area contributed by atoms with Crippen LogP contribution in [-0.2, 0) is 23.4 Å². The maximum Gasteiger partial charge on any atom is 0.510 e. The van der Waals surface area contributed by atoms with E-state index < -0.39 is 26.2 Å². The molecular weight excluding hydrogens is 243 g/mol. The lowest BCUT2D eigenvalue weighted by molar-refractivity contribution is -0.225. The average Bonchev–Trinajstić information content (AvgIpc) is 2.14. The summed E-state index contributed by atoms with van der Waals surface area (Å²) in [5, 5.41) is 17.7. The van der Waals surface area contributed by atoms with Crippen LogP contribution in [0.3, 0.4) is 0 Å². The number of aliphatic hydroxyl groups excluding tert-OH is 2. The summed E-state index contributed by atoms with van der Waals surface area (Å²) < 4.78 is 18.8. The number of hydrogen-bond acceptors (Lipinski definition) is 7. The van der Waals surface area contributed by atoms with Crippen molar-refractivity contribution in [3.8, 4) is 0 Å². The Morgan fingerprint density at radius 2 is 2.00 bits per heavy atom. The summed E-state index contributed by atoms with van der Waals surface area (Å²) in [5.41, 5.74) is 0. The van der Waals surface area contributed by atoms with Crippen molar-refractivity contribution in [2.45, 2.75) is 26.2 Å². The monoisotopic (exact) mass is 256 g/mol. The van der Waals surface area contributed by atoms with Crippen LogP contribution in [0.5, 0.6) is 0 Å². The van der Waals surface area contributed by atoms with Crippen molar-refractivity contribution in [1.29, 1.82) is 0 Å². The first-order chi connectivity index (χ1) is 7.28. The number of hydrogen-bond donors (Lipinski definition) is 3. The van der Waals surface area contributed by atoms with Crippen LogP contribution in [0.4, 0.5) is 0 Å². The average molecular weight is 256 g/mol. The normalized spacial score (nSPS) is 19.1. The fourth-order valence-corrected chi connectivity index (χ4v) is 1.14. The number of phosphoric acid groups is 1. The van der Waals surface area contributed by atoms with Gasteiger partial charge in [0.15, 0.2) is 6.29 Å². The van der Waals surface area contributed by atoms with E-state index in [4.69, 9.17) is 15.1 Å². The second-order valence-electron chi connectivity index (χ2n) is 2.68. The quantitative estimate of drug-likeness (QED) is 0.197. The molecule has 0 amide bonds. The number of allylic oxidation sites excluding steroid dienone is 1. The van der Waals surface area contributed by atoms with Crippen molar-refractivity contribution < 1.29 is 38.6 Å². The van der Waals surface area contributed by atoms with E-state index in [1.807, 2.05) is 0 Å². The van der Waals surface area contributed by atoms with Gasteiger partial charge in [0.1, 0.15) is 6.10 Å². The molecule has 0 rings (SSSR count). The first-order valence-corrected chi connectivity index (χ1v) is 5.68. The topological polar surface area (TPSA) is 123 Å². The fraction of sp³-hybridized carbons (Fsp3) is 0.571. The maximum atomic E-state index is 11.0. The van der Waals surface area contributed by atoms with E-state index in [-0.39, 0.29) is 0 Å². The zero-order valence-corrected chi connectivity index (χ0v) is 9.53. The van der Waals surface area contributed by atoms with Crippen LogP contribution in [0.2, 0.25) is 0 Å². The first kappa shape index (κ1) is 15.2. The van der Waals surface area contributed by atoms with Gasteiger partial charge in [0.25, 0.3) is 0 Å². The molecule has 0 spiro atoms. The molecule has 3 unspecified atom stereocenters. The SMILES string of the molecule is CC=CC(=O)OOP(=O)(O)OC(O)C(C)O. The molecule has 3 N–H and O–H groups in total. The molecule has 0 aliphatic heterocycles. The van der Waals surface area contributed by atoms with Gasteiger partial charge in [-0.15, -0.1) is 0 Å². The van der Waals surface area contributed by atoms with Gasteiger partial charge in [-0.25, -0.2) is 9.36 Å². The lowest BCUT2D eigenvalue weighted by atomic mass is 10.4. The molecule has 0 heterocycles. The van der Waals surface area contributed by atoms with Crippen LogP contribution in [0.1, 0.15) is 13.8 Å². The van der Waals surface area contributed by atoms with E-state index in [1.165, 1.54) is 13.0 Å². The Hall–Kier alpha value is -0.760. The Bertz CT molecular complexity index is 299. The second kappa shape index (κ2) is 6.74. The molecule has 0 fully saturated rings. The molecule has 0 aromatic carbocycles. The zero-order valence-electron chi connectivity index (χ0n) is 8.64. The molecule has 16 heavy (non-hydrogen) atoms. The Kier molecular flexibility index (Phi) is 6.42. The van der Waals surface area contributed by atoms with Crippen molar-refractivity contribution >= 4 is 13.8 Å². The van der Waals surface area contributed by atoms with E-state index in [9.17, 15) is 9.36 Å². The minimum absolute atomic E-state index is 0.936. The van der Waals surface area contributed by atoms with E-state index in [1.54, 1.807) is 0 Å². The summed E-state index contributed by atoms with van der Waals surface area (Å²) in [6.07, 6.45) is -1.09. The molecule has 0 bridgehead atoms. The van der Waals surface area contributed by atoms with Crippen molar-refractivity contribution in [3.05, 3.63) is 12.2 Å². The highest BCUT2D eigenvalue weighted by atomic mass is 31.2. The standard InChI is InChI=1S/C7H13O8P/c1-3-4-6(9)13-15-16(11,12)14-7(10)5(2)8/h3-5,7-8,10H,1-2H3,(H,11,12). The summed E-state index contributed by atoms with van der Waals surface area (Å²) in [6.45, 7) is 2.64. The van der Waals surface area contributed by atoms with Gasteiger partial charge in [-0.05, 0) is 13.8 Å². The first-order valence-electron chi connectivity index (χ1n) is 4.18. The molecule has 0 aliphatic carbocycles. The Labute approximate surface area is 91.6 Å². The smallest absolute Gasteiger partial charge is 0.388 e. The van der Waals surface area contributed by atoms with Gasteiger partial charge in [0.2, 0.25) is 0 Å². The molecule has 0 radical (unpaired) electrons. The van der Waals surface area contributed by atoms with Crippen molar-refractivity contribution in [2.75, 3.05) is 0 Å². The molecule has 0 aromatic heterocycles. The molecule has 0 aliphatic rings. The maximum absolute atomic E-state index is 11.0. The van der Waals surface area contributed by atoms with Crippen LogP contribution in [0.25, 0.3) is 0 Å². The van der Waals surface area contributed by atoms with Crippen LogP contribution < -0.4 is 0 Å². The zero-order chi connectivity index (χ0) is 12.8. The molecule has 9 heteroatoms. The number of aliphatic hydroxyl groups is 2. The Morgan fingerprint density at radius 1 is 1.44 bits per heavy atom. The van der Waals surface area contributed by atoms with Gasteiger partial charge in [0.05, 0.1) is 0 Å². The minimum atomic E-state index is -4.77. The molecule has 0 saturated heterocycles. The lowest BCUT2D eigenvalue weighted by Gasteiger charge is -2.16. The summed E-state index contributed by atoms with van der Waals surface area (Å²) in [7, 11) is -4.77. The largest absolute Gasteiger partial charge is 0.510 e. The lowest BCUT2D eigenvalue weighted by Crippen LogP contribution is -2.25. The Morgan fingerprint density at radius 3 is 2.44 bits per heavy atom. The third-order valence-corrected chi connectivity index (χ3v) is 1.92. The predicted molar refractivity (Wildman–Crippen MR) is 50.6 cm³/mol. The van der Waals surface area contributed by atoms with Gasteiger partial charge >= 0.3 is 13.8 Å². The van der Waals surface area contributed by atoms with Gasteiger partial charge in [-0.3, -0.25) is 9.41 Å². The molecule has 0 aromatic rings. The van der Waals surface area contributed by atoms with E-state index in [2.05, 4.69) is 14.1 Å². The van der Waals surface area contributed by atoms with Gasteiger partial charge < -0.3 is 15.1 Å². The molecule has 94 valence electrons. The van der Waals surface area contributed by atoms with E-state index >= 15 is 0 Å². The summed E-state index contributed by atoms with van der Waals surface area (Å²) in [6, 6.07) is 0. The van der Waals surface area contributed by atoms with Crippen molar-refractivity contribution in [1.82, 2.24) is 0 Å². The number of carbonyl (C=O) groups is 1. The molecule has 0 saturated carbocycles. The predicted octanol–water partition coefficient (Wildman–Crippen LogP) is -0.147. The highest BCUT2D eigenvalue weighted by Gasteiger charge is 2.30. The molecule has 8 nitrogen and oxygen atoms in total. The number of phosphoric ester groups is 1. The summed E-state index contributed by atoms with van der Waals surface area (Å²) in [5.74, 6) is -1.02. The van der Waals surface area contributed by atoms with E-state index in [0.717, 1.165) is 13.0 Å². The van der Waals surface area contributed by atoms with Crippen LogP contribution in [0, 0.1) is 0 Å². The molecule has 3 atom stereocenters. The van der Waals surface area contributed by atoms with Crippen LogP contribution in [-0.4, -0.2) is 33.5 Å². The minimum Gasteiger partial charge on any atom is -0.388 e. The highest BCUT2D eigenvalue weighted by molar-refractivity contribution is 7.47. The van der Waals surface area contributed by atoms with Crippen LogP contribution >= 0.6 is 7.82 Å². The third kappa shape index (κ3) is 6.67. The number of carbonyl (C=O) groups excluding carboxylic acids is 1. The van der Waals surface area contributed by atoms with Gasteiger partial charge in [-0.1, -0.05) is 10.8 Å². The summed E-state index contributed by atoms with van der Waals surface area (Å²) >= 11 is 0. The Balaban J connectivity index is 4.15. The van der Waals surface area contributed by atoms with E-state index in [0.29, 0.717) is 0 Å². The van der Waals surface area contributed by atoms with Crippen LogP contribution in [0.15, 0.2) is 12.2 Å². The highest BCUT2D eigenvalue weighted by Crippen LogP contribution is 2.44. The second-order valence-corrected chi connectivity index (χ2v) is 3.98.